The maximum Gasteiger partial charge on any atom is 0.247 e. The molecule has 0 spiro atoms. The van der Waals surface area contributed by atoms with E-state index in [1.807, 2.05) is 13.0 Å². The SMILES string of the molecule is CCCC(=O)N(CCc1cc(OC)ccc1OC)[C@@H]1CC(C(=O)NCCO)=C[C@H](Oc2c(I)cc(CO)cc2OC)[C@H]1O. The van der Waals surface area contributed by atoms with Gasteiger partial charge in [-0.1, -0.05) is 6.92 Å². The molecule has 43 heavy (non-hydrogen) atoms. The molecule has 0 heterocycles. The molecular formula is C31H41IN2O9. The van der Waals surface area contributed by atoms with Gasteiger partial charge in [0.1, 0.15) is 23.7 Å². The van der Waals surface area contributed by atoms with E-state index in [0.717, 1.165) is 5.56 Å². The summed E-state index contributed by atoms with van der Waals surface area (Å²) in [6.07, 6.45) is 0.701. The monoisotopic (exact) mass is 712 g/mol. The van der Waals surface area contributed by atoms with Crippen LogP contribution in [-0.4, -0.2) is 91.3 Å². The van der Waals surface area contributed by atoms with Gasteiger partial charge < -0.3 is 44.5 Å². The lowest BCUT2D eigenvalue weighted by Gasteiger charge is -2.41. The van der Waals surface area contributed by atoms with Crippen LogP contribution in [0.25, 0.3) is 0 Å². The summed E-state index contributed by atoms with van der Waals surface area (Å²) in [5.74, 6) is 1.40. The number of hydrogen-bond donors (Lipinski definition) is 4. The van der Waals surface area contributed by atoms with Crippen LogP contribution in [0, 0.1) is 3.57 Å². The first kappa shape index (κ1) is 34.4. The highest BCUT2D eigenvalue weighted by atomic mass is 127. The normalized spacial score (nSPS) is 18.0. The van der Waals surface area contributed by atoms with Crippen LogP contribution in [0.1, 0.15) is 37.3 Å². The molecule has 2 aromatic rings. The van der Waals surface area contributed by atoms with Crippen molar-refractivity contribution < 1.29 is 43.9 Å². The number of halogens is 1. The number of hydrogen-bond acceptors (Lipinski definition) is 9. The van der Waals surface area contributed by atoms with Gasteiger partial charge in [0, 0.05) is 31.5 Å². The number of aliphatic hydroxyl groups is 3. The first-order valence-corrected chi connectivity index (χ1v) is 15.2. The molecule has 2 amide bonds. The van der Waals surface area contributed by atoms with E-state index in [0.29, 0.717) is 50.5 Å². The van der Waals surface area contributed by atoms with Crippen molar-refractivity contribution in [1.82, 2.24) is 10.2 Å². The van der Waals surface area contributed by atoms with Crippen LogP contribution in [0.5, 0.6) is 23.0 Å². The third-order valence-corrected chi connectivity index (χ3v) is 8.04. The number of nitrogens with zero attached hydrogens (tertiary/aromatic N) is 1. The van der Waals surface area contributed by atoms with Gasteiger partial charge in [0.25, 0.3) is 0 Å². The number of benzene rings is 2. The molecule has 0 fully saturated rings. The minimum atomic E-state index is -1.19. The number of carbonyl (C=O) groups excluding carboxylic acids is 2. The van der Waals surface area contributed by atoms with Crippen LogP contribution in [-0.2, 0) is 22.6 Å². The van der Waals surface area contributed by atoms with Crippen LogP contribution in [0.2, 0.25) is 0 Å². The molecule has 0 saturated heterocycles. The molecule has 11 nitrogen and oxygen atoms in total. The van der Waals surface area contributed by atoms with Crippen molar-refractivity contribution in [3.05, 3.63) is 56.7 Å². The Morgan fingerprint density at radius 3 is 2.44 bits per heavy atom. The Hall–Kier alpha value is -3.07. The zero-order chi connectivity index (χ0) is 31.5. The van der Waals surface area contributed by atoms with Crippen molar-refractivity contribution in [2.24, 2.45) is 0 Å². The van der Waals surface area contributed by atoms with Crippen molar-refractivity contribution in [3.8, 4) is 23.0 Å². The maximum absolute atomic E-state index is 13.5. The average molecular weight is 713 g/mol. The molecule has 0 unspecified atom stereocenters. The second-order valence-corrected chi connectivity index (χ2v) is 11.2. The highest BCUT2D eigenvalue weighted by Gasteiger charge is 2.40. The number of nitrogens with one attached hydrogen (secondary N) is 1. The van der Waals surface area contributed by atoms with Crippen LogP contribution < -0.4 is 24.3 Å². The van der Waals surface area contributed by atoms with Gasteiger partial charge in [-0.25, -0.2) is 0 Å². The predicted molar refractivity (Wildman–Crippen MR) is 169 cm³/mol. The number of ether oxygens (including phenoxy) is 4. The standard InChI is InChI=1S/C31H41IN2O9/c1-5-6-28(37)34(11-9-20-15-22(40-2)7-8-25(20)41-3)24-16-21(31(39)33-10-12-35)17-26(29(24)38)43-30-23(32)13-19(18-36)14-27(30)42-4/h7-8,13-15,17,24,26,29,35-36,38H,5-6,9-12,16,18H2,1-4H3,(H,33,39)/t24-,26+,29+/m1/s1. The molecule has 0 aromatic heterocycles. The summed E-state index contributed by atoms with van der Waals surface area (Å²) in [6.45, 7) is 1.78. The minimum absolute atomic E-state index is 0.0530. The Morgan fingerprint density at radius 1 is 1.07 bits per heavy atom. The van der Waals surface area contributed by atoms with E-state index in [4.69, 9.17) is 18.9 Å². The Kier molecular flexibility index (Phi) is 13.4. The summed E-state index contributed by atoms with van der Waals surface area (Å²) in [4.78, 5) is 28.3. The number of rotatable bonds is 15. The Morgan fingerprint density at radius 2 is 1.81 bits per heavy atom. The molecule has 3 rings (SSSR count). The van der Waals surface area contributed by atoms with Gasteiger partial charge in [-0.05, 0) is 83.0 Å². The van der Waals surface area contributed by atoms with Crippen molar-refractivity contribution in [2.75, 3.05) is 41.0 Å². The molecule has 0 saturated carbocycles. The van der Waals surface area contributed by atoms with Gasteiger partial charge in [0.05, 0.1) is 44.2 Å². The zero-order valence-electron chi connectivity index (χ0n) is 25.0. The van der Waals surface area contributed by atoms with E-state index >= 15 is 0 Å². The van der Waals surface area contributed by atoms with E-state index in [1.165, 1.54) is 7.11 Å². The van der Waals surface area contributed by atoms with Gasteiger partial charge in [-0.3, -0.25) is 9.59 Å². The molecule has 3 atom stereocenters. The lowest BCUT2D eigenvalue weighted by molar-refractivity contribution is -0.138. The summed E-state index contributed by atoms with van der Waals surface area (Å²) in [6, 6.07) is 8.03. The lowest BCUT2D eigenvalue weighted by atomic mass is 9.87. The highest BCUT2D eigenvalue weighted by Crippen LogP contribution is 2.37. The summed E-state index contributed by atoms with van der Waals surface area (Å²) >= 11 is 2.06. The van der Waals surface area contributed by atoms with Crippen molar-refractivity contribution >= 4 is 34.4 Å². The highest BCUT2D eigenvalue weighted by molar-refractivity contribution is 14.1. The second-order valence-electron chi connectivity index (χ2n) is 10.0. The molecule has 0 bridgehead atoms. The fourth-order valence-electron chi connectivity index (χ4n) is 5.05. The summed E-state index contributed by atoms with van der Waals surface area (Å²) in [7, 11) is 4.62. The Labute approximate surface area is 265 Å². The molecule has 4 N–H and O–H groups in total. The van der Waals surface area contributed by atoms with E-state index in [2.05, 4.69) is 27.9 Å². The summed E-state index contributed by atoms with van der Waals surface area (Å²) in [5.41, 5.74) is 1.77. The van der Waals surface area contributed by atoms with Gasteiger partial charge in [-0.15, -0.1) is 0 Å². The number of aliphatic hydroxyl groups excluding tert-OH is 3. The quantitative estimate of drug-likeness (QED) is 0.205. The first-order chi connectivity index (χ1) is 20.7. The lowest BCUT2D eigenvalue weighted by Crippen LogP contribution is -2.55. The summed E-state index contributed by atoms with van der Waals surface area (Å²) in [5, 5.41) is 33.3. The predicted octanol–water partition coefficient (Wildman–Crippen LogP) is 2.60. The molecule has 12 heteroatoms. The van der Waals surface area contributed by atoms with E-state index < -0.39 is 24.2 Å². The number of methoxy groups -OCH3 is 3. The molecular weight excluding hydrogens is 671 g/mol. The van der Waals surface area contributed by atoms with Crippen molar-refractivity contribution in [3.63, 3.8) is 0 Å². The molecule has 236 valence electrons. The van der Waals surface area contributed by atoms with Crippen molar-refractivity contribution in [1.29, 1.82) is 0 Å². The smallest absolute Gasteiger partial charge is 0.247 e. The van der Waals surface area contributed by atoms with Gasteiger partial charge >= 0.3 is 0 Å². The minimum Gasteiger partial charge on any atom is -0.497 e. The van der Waals surface area contributed by atoms with E-state index in [1.54, 1.807) is 49.5 Å². The third-order valence-electron chi connectivity index (χ3n) is 7.23. The zero-order valence-corrected chi connectivity index (χ0v) is 27.1. The fourth-order valence-corrected chi connectivity index (χ4v) is 5.84. The first-order valence-electron chi connectivity index (χ1n) is 14.1. The van der Waals surface area contributed by atoms with Crippen LogP contribution in [0.15, 0.2) is 42.0 Å². The van der Waals surface area contributed by atoms with Gasteiger partial charge in [-0.2, -0.15) is 0 Å². The Balaban J connectivity index is 2.01. The molecule has 1 aliphatic rings. The van der Waals surface area contributed by atoms with E-state index in [9.17, 15) is 24.9 Å². The average Bonchev–Trinajstić information content (AvgIpc) is 3.01. The largest absolute Gasteiger partial charge is 0.497 e. The van der Waals surface area contributed by atoms with Gasteiger partial charge in [0.15, 0.2) is 11.5 Å². The molecule has 0 aliphatic heterocycles. The van der Waals surface area contributed by atoms with Crippen molar-refractivity contribution in [2.45, 2.75) is 57.5 Å². The van der Waals surface area contributed by atoms with Crippen LogP contribution >= 0.6 is 22.6 Å². The van der Waals surface area contributed by atoms with Gasteiger partial charge in [0.2, 0.25) is 11.8 Å². The Bertz CT molecular complexity index is 1290. The van der Waals surface area contributed by atoms with E-state index in [-0.39, 0.29) is 45.1 Å². The van der Waals surface area contributed by atoms with Crippen LogP contribution in [0.4, 0.5) is 0 Å². The maximum atomic E-state index is 13.5. The van der Waals surface area contributed by atoms with Crippen LogP contribution in [0.3, 0.4) is 0 Å². The molecule has 0 radical (unpaired) electrons. The molecule has 1 aliphatic carbocycles. The topological polar surface area (TPSA) is 147 Å². The second kappa shape index (κ2) is 16.7. The third kappa shape index (κ3) is 8.74. The number of carbonyl (C=O) groups is 2. The summed E-state index contributed by atoms with van der Waals surface area (Å²) < 4.78 is 23.4. The molecule has 2 aromatic carbocycles. The number of amides is 2. The fraction of sp³-hybridized carbons (Fsp3) is 0.484.